The third kappa shape index (κ3) is 3.22. The maximum absolute atomic E-state index is 12.9. The Hall–Kier alpha value is -2.30. The predicted octanol–water partition coefficient (Wildman–Crippen LogP) is 4.47. The van der Waals surface area contributed by atoms with Gasteiger partial charge < -0.3 is 4.90 Å². The highest BCUT2D eigenvalue weighted by molar-refractivity contribution is 6.35. The van der Waals surface area contributed by atoms with E-state index in [2.05, 4.69) is 6.58 Å². The molecule has 0 N–H and O–H groups in total. The summed E-state index contributed by atoms with van der Waals surface area (Å²) in [5.41, 5.74) is 2.67. The normalized spacial score (nSPS) is 14.4. The lowest BCUT2D eigenvalue weighted by Crippen LogP contribution is -2.45. The maximum atomic E-state index is 12.9. The van der Waals surface area contributed by atoms with Crippen LogP contribution in [0.3, 0.4) is 0 Å². The van der Waals surface area contributed by atoms with E-state index in [4.69, 9.17) is 23.2 Å². The van der Waals surface area contributed by atoms with Crippen LogP contribution in [-0.2, 0) is 11.3 Å². The summed E-state index contributed by atoms with van der Waals surface area (Å²) >= 11 is 12.1. The maximum Gasteiger partial charge on any atom is 0.259 e. The van der Waals surface area contributed by atoms with Crippen LogP contribution in [-0.4, -0.2) is 34.7 Å². The van der Waals surface area contributed by atoms with E-state index in [1.165, 1.54) is 4.90 Å². The van der Waals surface area contributed by atoms with E-state index in [0.717, 1.165) is 11.1 Å². The van der Waals surface area contributed by atoms with Crippen molar-refractivity contribution in [1.29, 1.82) is 0 Å². The molecule has 2 amide bonds. The lowest BCUT2D eigenvalue weighted by molar-refractivity contribution is -0.133. The van der Waals surface area contributed by atoms with Crippen LogP contribution in [0, 0.1) is 0 Å². The third-order valence-corrected chi connectivity index (χ3v) is 5.11. The topological polar surface area (TPSA) is 40.6 Å². The molecule has 1 aliphatic rings. The molecular formula is C20H18Cl2N2O2. The Morgan fingerprint density at radius 2 is 1.85 bits per heavy atom. The van der Waals surface area contributed by atoms with Gasteiger partial charge in [-0.2, -0.15) is 0 Å². The molecule has 0 fully saturated rings. The number of nitrogens with zero attached hydrogens (tertiary/aromatic N) is 2. The van der Waals surface area contributed by atoms with Crippen LogP contribution in [0.25, 0.3) is 5.70 Å². The molecule has 6 heteroatoms. The van der Waals surface area contributed by atoms with E-state index in [1.807, 2.05) is 12.1 Å². The van der Waals surface area contributed by atoms with Crippen molar-refractivity contribution in [3.8, 4) is 0 Å². The van der Waals surface area contributed by atoms with E-state index >= 15 is 0 Å². The van der Waals surface area contributed by atoms with Crippen molar-refractivity contribution >= 4 is 40.7 Å². The van der Waals surface area contributed by atoms with Crippen molar-refractivity contribution in [2.24, 2.45) is 0 Å². The molecular weight excluding hydrogens is 371 g/mol. The monoisotopic (exact) mass is 388 g/mol. The van der Waals surface area contributed by atoms with Crippen molar-refractivity contribution in [1.82, 2.24) is 9.80 Å². The molecule has 2 aromatic carbocycles. The zero-order valence-corrected chi connectivity index (χ0v) is 16.0. The second-order valence-corrected chi connectivity index (χ2v) is 7.12. The standard InChI is InChI=1S/C20H18Cl2N2O2/c1-12-16-6-4-5-7-17(16)20(26)24(12)13(2)19(25)23(3)11-14-8-9-15(21)10-18(14)22/h4-10,13H,1,11H2,2-3H3. The smallest absolute Gasteiger partial charge is 0.259 e. The lowest BCUT2D eigenvalue weighted by atomic mass is 10.1. The van der Waals surface area contributed by atoms with Crippen LogP contribution in [0.5, 0.6) is 0 Å². The highest BCUT2D eigenvalue weighted by Crippen LogP contribution is 2.33. The average molecular weight is 389 g/mol. The van der Waals surface area contributed by atoms with Crippen molar-refractivity contribution in [2.75, 3.05) is 7.05 Å². The van der Waals surface area contributed by atoms with Gasteiger partial charge in [-0.3, -0.25) is 14.5 Å². The first-order chi connectivity index (χ1) is 12.3. The van der Waals surface area contributed by atoms with Gasteiger partial charge in [-0.05, 0) is 30.7 Å². The Labute approximate surface area is 162 Å². The average Bonchev–Trinajstić information content (AvgIpc) is 2.87. The molecule has 0 radical (unpaired) electrons. The van der Waals surface area contributed by atoms with Gasteiger partial charge in [-0.25, -0.2) is 0 Å². The van der Waals surface area contributed by atoms with Gasteiger partial charge >= 0.3 is 0 Å². The van der Waals surface area contributed by atoms with Crippen LogP contribution >= 0.6 is 23.2 Å². The van der Waals surface area contributed by atoms with Crippen LogP contribution in [0.15, 0.2) is 49.0 Å². The number of amides is 2. The first kappa shape index (κ1) is 18.5. The fourth-order valence-corrected chi connectivity index (χ4v) is 3.59. The zero-order valence-electron chi connectivity index (χ0n) is 14.5. The Kier molecular flexibility index (Phi) is 5.08. The Morgan fingerprint density at radius 1 is 1.19 bits per heavy atom. The minimum absolute atomic E-state index is 0.196. The molecule has 0 aromatic heterocycles. The fourth-order valence-electron chi connectivity index (χ4n) is 3.13. The van der Waals surface area contributed by atoms with Crippen molar-refractivity contribution < 1.29 is 9.59 Å². The third-order valence-electron chi connectivity index (χ3n) is 4.52. The zero-order chi connectivity index (χ0) is 19.0. The van der Waals surface area contributed by atoms with E-state index in [1.54, 1.807) is 49.2 Å². The van der Waals surface area contributed by atoms with Gasteiger partial charge in [0.15, 0.2) is 0 Å². The molecule has 0 spiro atoms. The lowest BCUT2D eigenvalue weighted by Gasteiger charge is -2.29. The number of carbonyl (C=O) groups is 2. The van der Waals surface area contributed by atoms with Gasteiger partial charge in [0.25, 0.3) is 5.91 Å². The number of halogens is 2. The minimum atomic E-state index is -0.668. The minimum Gasteiger partial charge on any atom is -0.340 e. The second kappa shape index (κ2) is 7.14. The SMILES string of the molecule is C=C1c2ccccc2C(=O)N1C(C)C(=O)N(C)Cc1ccc(Cl)cc1Cl. The Bertz CT molecular complexity index is 875. The van der Waals surface area contributed by atoms with Gasteiger partial charge in [0, 0.05) is 40.5 Å². The van der Waals surface area contributed by atoms with Crippen LogP contribution < -0.4 is 0 Å². The summed E-state index contributed by atoms with van der Waals surface area (Å²) in [6.07, 6.45) is 0. The number of hydrogen-bond acceptors (Lipinski definition) is 2. The quantitative estimate of drug-likeness (QED) is 0.775. The summed E-state index contributed by atoms with van der Waals surface area (Å²) in [5.74, 6) is -0.400. The molecule has 26 heavy (non-hydrogen) atoms. The second-order valence-electron chi connectivity index (χ2n) is 6.27. The molecule has 0 saturated carbocycles. The molecule has 1 aliphatic heterocycles. The molecule has 1 unspecified atom stereocenters. The molecule has 0 bridgehead atoms. The van der Waals surface area contributed by atoms with Crippen LogP contribution in [0.4, 0.5) is 0 Å². The van der Waals surface area contributed by atoms with Crippen LogP contribution in [0.2, 0.25) is 10.0 Å². The number of fused-ring (bicyclic) bond motifs is 1. The largest absolute Gasteiger partial charge is 0.340 e. The van der Waals surface area contributed by atoms with Gasteiger partial charge in [0.05, 0.1) is 0 Å². The number of rotatable bonds is 4. The molecule has 3 rings (SSSR count). The first-order valence-electron chi connectivity index (χ1n) is 8.12. The van der Waals surface area contributed by atoms with Crippen molar-refractivity contribution in [2.45, 2.75) is 19.5 Å². The van der Waals surface area contributed by atoms with E-state index in [9.17, 15) is 9.59 Å². The van der Waals surface area contributed by atoms with Gasteiger partial charge in [0.1, 0.15) is 6.04 Å². The van der Waals surface area contributed by atoms with Gasteiger partial charge in [0.2, 0.25) is 5.91 Å². The van der Waals surface area contributed by atoms with E-state index in [-0.39, 0.29) is 11.8 Å². The summed E-state index contributed by atoms with van der Waals surface area (Å²) in [7, 11) is 1.68. The number of likely N-dealkylation sites (N-methyl/N-ethyl adjacent to an activating group) is 1. The highest BCUT2D eigenvalue weighted by atomic mass is 35.5. The number of carbonyl (C=O) groups excluding carboxylic acids is 2. The van der Waals surface area contributed by atoms with Crippen molar-refractivity contribution in [3.05, 3.63) is 75.8 Å². The van der Waals surface area contributed by atoms with Crippen LogP contribution in [0.1, 0.15) is 28.4 Å². The molecule has 134 valence electrons. The summed E-state index contributed by atoms with van der Waals surface area (Å²) in [4.78, 5) is 28.6. The fraction of sp³-hybridized carbons (Fsp3) is 0.200. The Balaban J connectivity index is 1.77. The summed E-state index contributed by atoms with van der Waals surface area (Å²) < 4.78 is 0. The summed E-state index contributed by atoms with van der Waals surface area (Å²) in [5, 5.41) is 1.04. The van der Waals surface area contributed by atoms with E-state index < -0.39 is 6.04 Å². The van der Waals surface area contributed by atoms with Crippen molar-refractivity contribution in [3.63, 3.8) is 0 Å². The summed E-state index contributed by atoms with van der Waals surface area (Å²) in [6.45, 7) is 6.02. The predicted molar refractivity (Wildman–Crippen MR) is 104 cm³/mol. The molecule has 2 aromatic rings. The molecule has 1 atom stereocenters. The molecule has 0 saturated heterocycles. The summed E-state index contributed by atoms with van der Waals surface area (Å²) in [6, 6.07) is 11.7. The molecule has 1 heterocycles. The highest BCUT2D eigenvalue weighted by Gasteiger charge is 2.37. The van der Waals surface area contributed by atoms with Gasteiger partial charge in [-0.15, -0.1) is 0 Å². The molecule has 4 nitrogen and oxygen atoms in total. The Morgan fingerprint density at radius 3 is 2.46 bits per heavy atom. The number of benzene rings is 2. The van der Waals surface area contributed by atoms with Gasteiger partial charge in [-0.1, -0.05) is 54.0 Å². The van der Waals surface area contributed by atoms with E-state index in [0.29, 0.717) is 27.9 Å². The first-order valence-corrected chi connectivity index (χ1v) is 8.87. The molecule has 0 aliphatic carbocycles. The number of hydrogen-bond donors (Lipinski definition) is 0.